The molecule has 1 aliphatic carbocycles. The molecule has 1 saturated carbocycles. The van der Waals surface area contributed by atoms with Crippen LogP contribution in [-0.4, -0.2) is 15.1 Å². The Hall–Kier alpha value is -1.53. The van der Waals surface area contributed by atoms with Crippen LogP contribution in [0.3, 0.4) is 0 Å². The Morgan fingerprint density at radius 1 is 1.24 bits per heavy atom. The largest absolute Gasteiger partial charge is 0.339 e. The van der Waals surface area contributed by atoms with E-state index in [0.29, 0.717) is 17.7 Å². The summed E-state index contributed by atoms with van der Waals surface area (Å²) in [6, 6.07) is 8.44. The third kappa shape index (κ3) is 2.53. The molecule has 0 bridgehead atoms. The van der Waals surface area contributed by atoms with Crippen LogP contribution < -0.4 is 0 Å². The van der Waals surface area contributed by atoms with E-state index in [9.17, 15) is 0 Å². The number of rotatable bonds is 3. The summed E-state index contributed by atoms with van der Waals surface area (Å²) < 4.78 is 6.52. The van der Waals surface area contributed by atoms with Gasteiger partial charge in [0.05, 0.1) is 0 Å². The Morgan fingerprint density at radius 2 is 2.05 bits per heavy atom. The van der Waals surface area contributed by atoms with Gasteiger partial charge in [-0.05, 0) is 37.0 Å². The van der Waals surface area contributed by atoms with Crippen molar-refractivity contribution < 1.29 is 4.52 Å². The zero-order valence-corrected chi connectivity index (χ0v) is 13.7. The molecule has 0 saturated heterocycles. The molecule has 3 aromatic rings. The monoisotopic (exact) mass is 361 g/mol. The quantitative estimate of drug-likeness (QED) is 0.687. The van der Waals surface area contributed by atoms with Crippen LogP contribution in [0.4, 0.5) is 0 Å². The Kier molecular flexibility index (Phi) is 3.15. The van der Waals surface area contributed by atoms with Gasteiger partial charge in [-0.2, -0.15) is 4.98 Å². The molecule has 1 aromatic carbocycles. The van der Waals surface area contributed by atoms with E-state index in [0.717, 1.165) is 26.7 Å². The van der Waals surface area contributed by atoms with Gasteiger partial charge in [0.1, 0.15) is 0 Å². The number of nitrogens with zero attached hydrogens (tertiary/aromatic N) is 3. The van der Waals surface area contributed by atoms with Crippen molar-refractivity contribution in [2.45, 2.75) is 25.2 Å². The molecule has 0 spiro atoms. The van der Waals surface area contributed by atoms with Gasteiger partial charge >= 0.3 is 0 Å². The van der Waals surface area contributed by atoms with Gasteiger partial charge in [0, 0.05) is 21.5 Å². The number of thiazole rings is 1. The molecule has 6 heteroatoms. The van der Waals surface area contributed by atoms with Crippen molar-refractivity contribution >= 4 is 27.3 Å². The van der Waals surface area contributed by atoms with E-state index in [1.165, 1.54) is 5.56 Å². The molecule has 4 nitrogen and oxygen atoms in total. The average Bonchev–Trinajstić information content (AvgIpc) is 2.92. The van der Waals surface area contributed by atoms with E-state index in [4.69, 9.17) is 4.52 Å². The van der Waals surface area contributed by atoms with Gasteiger partial charge in [0.15, 0.2) is 5.01 Å². The van der Waals surface area contributed by atoms with Crippen LogP contribution in [0.25, 0.3) is 10.8 Å². The second-order valence-corrected chi connectivity index (χ2v) is 7.38. The lowest BCUT2D eigenvalue weighted by molar-refractivity contribution is 0.378. The summed E-state index contributed by atoms with van der Waals surface area (Å²) in [4.78, 5) is 9.95. The Morgan fingerprint density at radius 3 is 2.76 bits per heavy atom. The second kappa shape index (κ2) is 5.03. The molecule has 2 atom stereocenters. The fraction of sp³-hybridized carbons (Fsp3) is 0.267. The first kappa shape index (κ1) is 13.2. The van der Waals surface area contributed by atoms with Crippen LogP contribution in [0.15, 0.2) is 39.5 Å². The lowest BCUT2D eigenvalue weighted by atomic mass is 10.1. The first-order valence-corrected chi connectivity index (χ1v) is 8.33. The summed E-state index contributed by atoms with van der Waals surface area (Å²) >= 11 is 5.04. The van der Waals surface area contributed by atoms with E-state index in [2.05, 4.69) is 55.3 Å². The van der Waals surface area contributed by atoms with E-state index in [1.807, 2.05) is 13.1 Å². The fourth-order valence-corrected chi connectivity index (χ4v) is 3.43. The predicted molar refractivity (Wildman–Crippen MR) is 84.4 cm³/mol. The van der Waals surface area contributed by atoms with Gasteiger partial charge in [-0.3, -0.25) is 0 Å². The summed E-state index contributed by atoms with van der Waals surface area (Å²) in [7, 11) is 0. The molecule has 106 valence electrons. The van der Waals surface area contributed by atoms with Crippen molar-refractivity contribution in [1.82, 2.24) is 15.1 Å². The molecule has 0 radical (unpaired) electrons. The molecule has 0 aliphatic heterocycles. The number of benzene rings is 1. The third-order valence-electron chi connectivity index (χ3n) is 3.66. The zero-order valence-electron chi connectivity index (χ0n) is 11.3. The van der Waals surface area contributed by atoms with E-state index in [-0.39, 0.29) is 0 Å². The molecule has 0 unspecified atom stereocenters. The smallest absolute Gasteiger partial charge is 0.231 e. The minimum atomic E-state index is 0.341. The minimum absolute atomic E-state index is 0.341. The van der Waals surface area contributed by atoms with E-state index >= 15 is 0 Å². The van der Waals surface area contributed by atoms with Crippen molar-refractivity contribution in [3.8, 4) is 10.8 Å². The number of hydrogen-bond acceptors (Lipinski definition) is 5. The van der Waals surface area contributed by atoms with Crippen molar-refractivity contribution in [2.24, 2.45) is 0 Å². The minimum Gasteiger partial charge on any atom is -0.339 e. The molecular formula is C15H12BrN3OS. The molecule has 2 heterocycles. The molecule has 0 amide bonds. The van der Waals surface area contributed by atoms with Crippen LogP contribution in [0.1, 0.15) is 34.6 Å². The summed E-state index contributed by atoms with van der Waals surface area (Å²) in [6.45, 7) is 2.02. The van der Waals surface area contributed by atoms with Gasteiger partial charge in [-0.15, -0.1) is 11.3 Å². The van der Waals surface area contributed by atoms with E-state index in [1.54, 1.807) is 11.3 Å². The zero-order chi connectivity index (χ0) is 14.4. The lowest BCUT2D eigenvalue weighted by Gasteiger charge is -1.98. The maximum atomic E-state index is 5.42. The average molecular weight is 362 g/mol. The van der Waals surface area contributed by atoms with Crippen molar-refractivity contribution in [2.75, 3.05) is 0 Å². The number of hydrogen-bond donors (Lipinski definition) is 0. The SMILES string of the molecule is Cc1cnc(-c2noc([C@@H]3C[C@H]3c3ccc(Br)cc3)n2)s1. The van der Waals surface area contributed by atoms with Crippen LogP contribution in [-0.2, 0) is 0 Å². The van der Waals surface area contributed by atoms with E-state index < -0.39 is 0 Å². The molecule has 1 aliphatic rings. The summed E-state index contributed by atoms with van der Waals surface area (Å²) in [5, 5.41) is 4.88. The molecule has 2 aromatic heterocycles. The first-order valence-electron chi connectivity index (χ1n) is 6.72. The first-order chi connectivity index (χ1) is 10.2. The van der Waals surface area contributed by atoms with Crippen LogP contribution in [0.2, 0.25) is 0 Å². The maximum absolute atomic E-state index is 5.42. The van der Waals surface area contributed by atoms with Gasteiger partial charge in [0.25, 0.3) is 0 Å². The van der Waals surface area contributed by atoms with Crippen LogP contribution >= 0.6 is 27.3 Å². The number of aromatic nitrogens is 3. The predicted octanol–water partition coefficient (Wildman–Crippen LogP) is 4.54. The highest BCUT2D eigenvalue weighted by atomic mass is 79.9. The molecule has 4 rings (SSSR count). The Balaban J connectivity index is 1.54. The topological polar surface area (TPSA) is 51.8 Å². The number of halogens is 1. The molecular weight excluding hydrogens is 350 g/mol. The second-order valence-electron chi connectivity index (χ2n) is 5.23. The van der Waals surface area contributed by atoms with Gasteiger partial charge < -0.3 is 4.52 Å². The standard InChI is InChI=1S/C15H12BrN3OS/c1-8-7-17-15(21-8)13-18-14(20-19-13)12-6-11(12)9-2-4-10(16)5-3-9/h2-5,7,11-12H,6H2,1H3/t11-,12+/m0/s1. The highest BCUT2D eigenvalue weighted by Gasteiger charge is 2.43. The highest BCUT2D eigenvalue weighted by Crippen LogP contribution is 2.54. The summed E-state index contributed by atoms with van der Waals surface area (Å²) in [5.41, 5.74) is 1.33. The molecule has 0 N–H and O–H groups in total. The number of aryl methyl sites for hydroxylation is 1. The highest BCUT2D eigenvalue weighted by molar-refractivity contribution is 9.10. The normalized spacial score (nSPS) is 20.7. The Labute approximate surface area is 134 Å². The fourth-order valence-electron chi connectivity index (χ4n) is 2.48. The maximum Gasteiger partial charge on any atom is 0.231 e. The van der Waals surface area contributed by atoms with Crippen molar-refractivity contribution in [3.63, 3.8) is 0 Å². The van der Waals surface area contributed by atoms with Crippen molar-refractivity contribution in [1.29, 1.82) is 0 Å². The lowest BCUT2D eigenvalue weighted by Crippen LogP contribution is -1.85. The third-order valence-corrected chi connectivity index (χ3v) is 5.10. The molecule has 21 heavy (non-hydrogen) atoms. The van der Waals surface area contributed by atoms with Gasteiger partial charge in [-0.25, -0.2) is 4.98 Å². The summed E-state index contributed by atoms with van der Waals surface area (Å²) in [6.07, 6.45) is 2.90. The van der Waals surface area contributed by atoms with Gasteiger partial charge in [-0.1, -0.05) is 33.2 Å². The Bertz CT molecular complexity index is 780. The van der Waals surface area contributed by atoms with Gasteiger partial charge in [0.2, 0.25) is 11.7 Å². The van der Waals surface area contributed by atoms with Crippen LogP contribution in [0, 0.1) is 6.92 Å². The van der Waals surface area contributed by atoms with Crippen LogP contribution in [0.5, 0.6) is 0 Å². The molecule has 1 fully saturated rings. The van der Waals surface area contributed by atoms with Crippen molar-refractivity contribution in [3.05, 3.63) is 51.3 Å². The summed E-state index contributed by atoms with van der Waals surface area (Å²) in [5.74, 6) is 2.16.